The number of hydrogen-bond donors (Lipinski definition) is 1. The van der Waals surface area contributed by atoms with Crippen molar-refractivity contribution in [2.24, 2.45) is 11.7 Å². The number of amides is 1. The summed E-state index contributed by atoms with van der Waals surface area (Å²) in [5, 5.41) is 0. The lowest BCUT2D eigenvalue weighted by atomic mass is 9.90. The highest BCUT2D eigenvalue weighted by Gasteiger charge is 2.42. The molecule has 2 saturated heterocycles. The molecule has 0 bridgehead atoms. The van der Waals surface area contributed by atoms with Gasteiger partial charge in [-0.1, -0.05) is 0 Å². The highest BCUT2D eigenvalue weighted by atomic mass is 16.5. The van der Waals surface area contributed by atoms with Crippen molar-refractivity contribution in [3.63, 3.8) is 0 Å². The van der Waals surface area contributed by atoms with Gasteiger partial charge in [-0.3, -0.25) is 4.79 Å². The Bertz CT molecular complexity index is 245. The normalized spacial score (nSPS) is 35.5. The van der Waals surface area contributed by atoms with Crippen LogP contribution in [0.15, 0.2) is 0 Å². The Labute approximate surface area is 84.4 Å². The predicted octanol–water partition coefficient (Wildman–Crippen LogP) is -0.0290. The Morgan fingerprint density at radius 3 is 2.64 bits per heavy atom. The third kappa shape index (κ3) is 1.64. The lowest BCUT2D eigenvalue weighted by Crippen LogP contribution is -2.67. The summed E-state index contributed by atoms with van der Waals surface area (Å²) in [6, 6.07) is 0. The minimum atomic E-state index is -0.168. The molecule has 2 rings (SSSR count). The van der Waals surface area contributed by atoms with E-state index < -0.39 is 0 Å². The summed E-state index contributed by atoms with van der Waals surface area (Å²) in [6.45, 7) is 6.04. The van der Waals surface area contributed by atoms with Crippen LogP contribution in [-0.4, -0.2) is 42.1 Å². The maximum absolute atomic E-state index is 11.9. The van der Waals surface area contributed by atoms with Crippen molar-refractivity contribution >= 4 is 5.91 Å². The number of ether oxygens (including phenoxy) is 1. The third-order valence-corrected chi connectivity index (χ3v) is 3.11. The van der Waals surface area contributed by atoms with Gasteiger partial charge in [0.05, 0.1) is 12.0 Å². The van der Waals surface area contributed by atoms with Crippen LogP contribution >= 0.6 is 0 Å². The van der Waals surface area contributed by atoms with Crippen LogP contribution in [0.25, 0.3) is 0 Å². The van der Waals surface area contributed by atoms with Gasteiger partial charge in [0.15, 0.2) is 0 Å². The fourth-order valence-corrected chi connectivity index (χ4v) is 2.27. The monoisotopic (exact) mass is 198 g/mol. The first-order chi connectivity index (χ1) is 6.49. The van der Waals surface area contributed by atoms with Gasteiger partial charge >= 0.3 is 0 Å². The van der Waals surface area contributed by atoms with Crippen molar-refractivity contribution in [2.75, 3.05) is 19.7 Å². The van der Waals surface area contributed by atoms with Crippen molar-refractivity contribution in [2.45, 2.75) is 31.9 Å². The largest absolute Gasteiger partial charge is 0.378 e. The number of carbonyl (C=O) groups is 1. The second kappa shape index (κ2) is 3.21. The van der Waals surface area contributed by atoms with E-state index in [0.717, 1.165) is 6.42 Å². The average molecular weight is 198 g/mol. The summed E-state index contributed by atoms with van der Waals surface area (Å²) in [5.41, 5.74) is 5.69. The SMILES string of the molecule is CC1OCCC1C(=O)N1CC(C)(N)C1. The van der Waals surface area contributed by atoms with E-state index in [1.807, 2.05) is 18.7 Å². The minimum Gasteiger partial charge on any atom is -0.378 e. The topological polar surface area (TPSA) is 55.6 Å². The van der Waals surface area contributed by atoms with Crippen molar-refractivity contribution in [1.29, 1.82) is 0 Å². The molecule has 0 radical (unpaired) electrons. The maximum atomic E-state index is 11.9. The summed E-state index contributed by atoms with van der Waals surface area (Å²) < 4.78 is 5.38. The van der Waals surface area contributed by atoms with Crippen LogP contribution in [-0.2, 0) is 9.53 Å². The van der Waals surface area contributed by atoms with Crippen LogP contribution in [0.1, 0.15) is 20.3 Å². The van der Waals surface area contributed by atoms with Gasteiger partial charge < -0.3 is 15.4 Å². The van der Waals surface area contributed by atoms with Crippen LogP contribution in [0.5, 0.6) is 0 Å². The molecule has 0 aromatic heterocycles. The highest BCUT2D eigenvalue weighted by Crippen LogP contribution is 2.27. The van der Waals surface area contributed by atoms with Gasteiger partial charge in [-0.15, -0.1) is 0 Å². The predicted molar refractivity (Wildman–Crippen MR) is 52.7 cm³/mol. The molecule has 4 heteroatoms. The van der Waals surface area contributed by atoms with Crippen molar-refractivity contribution < 1.29 is 9.53 Å². The van der Waals surface area contributed by atoms with Crippen LogP contribution in [0.2, 0.25) is 0 Å². The lowest BCUT2D eigenvalue weighted by molar-refractivity contribution is -0.144. The zero-order valence-electron chi connectivity index (χ0n) is 8.82. The highest BCUT2D eigenvalue weighted by molar-refractivity contribution is 5.80. The summed E-state index contributed by atoms with van der Waals surface area (Å²) in [5.74, 6) is 0.282. The second-order valence-corrected chi connectivity index (χ2v) is 4.82. The van der Waals surface area contributed by atoms with E-state index in [0.29, 0.717) is 19.7 Å². The molecule has 2 unspecified atom stereocenters. The van der Waals surface area contributed by atoms with E-state index in [4.69, 9.17) is 10.5 Å². The quantitative estimate of drug-likeness (QED) is 0.644. The number of rotatable bonds is 1. The first-order valence-electron chi connectivity index (χ1n) is 5.19. The van der Waals surface area contributed by atoms with Gasteiger partial charge in [-0.25, -0.2) is 0 Å². The molecular formula is C10H18N2O2. The zero-order valence-corrected chi connectivity index (χ0v) is 8.82. The summed E-state index contributed by atoms with van der Waals surface area (Å²) >= 11 is 0. The molecule has 0 spiro atoms. The Balaban J connectivity index is 1.90. The summed E-state index contributed by atoms with van der Waals surface area (Å²) in [7, 11) is 0. The van der Waals surface area contributed by atoms with E-state index in [1.54, 1.807) is 0 Å². The first-order valence-corrected chi connectivity index (χ1v) is 5.19. The average Bonchev–Trinajstić information content (AvgIpc) is 2.45. The molecule has 2 atom stereocenters. The molecule has 0 aromatic rings. The smallest absolute Gasteiger partial charge is 0.228 e. The van der Waals surface area contributed by atoms with E-state index in [9.17, 15) is 4.79 Å². The Kier molecular flexibility index (Phi) is 2.27. The number of likely N-dealkylation sites (tertiary alicyclic amines) is 1. The molecule has 1 amide bonds. The Morgan fingerprint density at radius 2 is 2.21 bits per heavy atom. The van der Waals surface area contributed by atoms with E-state index >= 15 is 0 Å². The minimum absolute atomic E-state index is 0.0612. The molecule has 14 heavy (non-hydrogen) atoms. The van der Waals surface area contributed by atoms with Crippen LogP contribution in [0, 0.1) is 5.92 Å². The van der Waals surface area contributed by atoms with Crippen molar-refractivity contribution in [3.8, 4) is 0 Å². The molecule has 80 valence electrons. The molecule has 0 saturated carbocycles. The maximum Gasteiger partial charge on any atom is 0.228 e. The van der Waals surface area contributed by atoms with E-state index in [2.05, 4.69) is 0 Å². The Morgan fingerprint density at radius 1 is 1.57 bits per heavy atom. The first kappa shape index (κ1) is 9.93. The molecular weight excluding hydrogens is 180 g/mol. The molecule has 2 aliphatic heterocycles. The molecule has 2 N–H and O–H groups in total. The molecule has 2 fully saturated rings. The molecule has 2 aliphatic rings. The van der Waals surface area contributed by atoms with Crippen LogP contribution in [0.3, 0.4) is 0 Å². The molecule has 4 nitrogen and oxygen atoms in total. The number of carbonyl (C=O) groups excluding carboxylic acids is 1. The second-order valence-electron chi connectivity index (χ2n) is 4.82. The third-order valence-electron chi connectivity index (χ3n) is 3.11. The van der Waals surface area contributed by atoms with E-state index in [-0.39, 0.29) is 23.5 Å². The Hall–Kier alpha value is -0.610. The van der Waals surface area contributed by atoms with Gasteiger partial charge in [0.1, 0.15) is 0 Å². The summed E-state index contributed by atoms with van der Waals surface area (Å²) in [4.78, 5) is 13.8. The zero-order chi connectivity index (χ0) is 10.3. The fraction of sp³-hybridized carbons (Fsp3) is 0.900. The van der Waals surface area contributed by atoms with Gasteiger partial charge in [0, 0.05) is 25.2 Å². The van der Waals surface area contributed by atoms with Gasteiger partial charge in [-0.2, -0.15) is 0 Å². The van der Waals surface area contributed by atoms with Gasteiger partial charge in [0.25, 0.3) is 0 Å². The number of nitrogens with zero attached hydrogens (tertiary/aromatic N) is 1. The molecule has 2 heterocycles. The molecule has 0 aromatic carbocycles. The van der Waals surface area contributed by atoms with Crippen molar-refractivity contribution in [3.05, 3.63) is 0 Å². The molecule has 0 aliphatic carbocycles. The van der Waals surface area contributed by atoms with Crippen LogP contribution < -0.4 is 5.73 Å². The number of hydrogen-bond acceptors (Lipinski definition) is 3. The van der Waals surface area contributed by atoms with Gasteiger partial charge in [-0.05, 0) is 20.3 Å². The van der Waals surface area contributed by atoms with E-state index in [1.165, 1.54) is 0 Å². The number of nitrogens with two attached hydrogens (primary N) is 1. The standard InChI is InChI=1S/C10H18N2O2/c1-7-8(3-4-14-7)9(13)12-5-10(2,11)6-12/h7-8H,3-6,11H2,1-2H3. The lowest BCUT2D eigenvalue weighted by Gasteiger charge is -2.46. The van der Waals surface area contributed by atoms with Crippen molar-refractivity contribution in [1.82, 2.24) is 4.90 Å². The summed E-state index contributed by atoms with van der Waals surface area (Å²) in [6.07, 6.45) is 0.935. The van der Waals surface area contributed by atoms with Crippen LogP contribution in [0.4, 0.5) is 0 Å². The fourth-order valence-electron chi connectivity index (χ4n) is 2.27. The van der Waals surface area contributed by atoms with Gasteiger partial charge in [0.2, 0.25) is 5.91 Å².